The van der Waals surface area contributed by atoms with Crippen LogP contribution in [-0.4, -0.2) is 15.6 Å². The Labute approximate surface area is 545 Å². The molecule has 87 heavy (non-hydrogen) atoms. The third kappa shape index (κ3) is 11.0. The van der Waals surface area contributed by atoms with Gasteiger partial charge in [0.25, 0.3) is 11.4 Å². The summed E-state index contributed by atoms with van der Waals surface area (Å²) in [7, 11) is 0. The SMILES string of the molecule is [2H]c1c([2H])c(-c2ccccc2)c([2H])c(-c2cc(C(C)(C)C)cc(-c3cc(C(C)(C)C)cc(C(C)(C)C)c3)c2[N+]2=C=[N+](c3[c-]c(Oc4[c-]c5c(cc4)c4c([2H])c([2H])c([2H])c([2H])c4n5-c4cc(C([2H])([2H])[2H])c(-c5ccc6c(c5)C(C)(C)CCC6(C)C)cn4)ccc3)c3ccccc32)c1[2H].[Pt+2]. The number of fused-ring (bicyclic) bond motifs is 5. The first kappa shape index (κ1) is 46.9. The second kappa shape index (κ2) is 21.9. The van der Waals surface area contributed by atoms with E-state index in [1.165, 1.54) is 11.6 Å². The number of ether oxygens (including phenoxy) is 1. The third-order valence-corrected chi connectivity index (χ3v) is 17.5. The smallest absolute Gasteiger partial charge is 0.509 e. The third-order valence-electron chi connectivity index (χ3n) is 17.5. The second-order valence-corrected chi connectivity index (χ2v) is 27.6. The van der Waals surface area contributed by atoms with Gasteiger partial charge in [0.05, 0.1) is 22.1 Å². The molecule has 0 N–H and O–H groups in total. The molecule has 0 saturated carbocycles. The topological polar surface area (TPSA) is 33.1 Å². The van der Waals surface area contributed by atoms with Crippen molar-refractivity contribution in [3.8, 4) is 61.8 Å². The Morgan fingerprint density at radius 1 is 0.552 bits per heavy atom. The minimum atomic E-state index is -2.63. The molecule has 0 radical (unpaired) electrons. The second-order valence-electron chi connectivity index (χ2n) is 27.6. The van der Waals surface area contributed by atoms with Crippen molar-refractivity contribution in [2.45, 2.75) is 137 Å². The number of aromatic nitrogens is 2. The largest absolute Gasteiger partial charge is 2.00 e. The van der Waals surface area contributed by atoms with E-state index in [4.69, 9.17) is 16.6 Å². The van der Waals surface area contributed by atoms with Gasteiger partial charge in [-0.15, -0.1) is 23.6 Å². The molecule has 9 aromatic carbocycles. The standard InChI is InChI=1S/C81H78N4O.Pt/c1-52-40-75(82-50-68(52)56-34-37-69-70(44-56)81(13,14)39-38-80(69,11)12)85-71-31-19-18-30-64(71)65-36-35-63(49-74(65)85)86-62-29-23-28-61(48-62)83-51-84(73-33-21-20-32-72(73)83)76-66(55-27-22-26-54(41-55)53-24-16-15-17-25-53)46-60(79(8,9)10)47-67(76)57-42-58(77(2,3)4)45-59(43-57)78(5,6)7;/h15-37,40-47,50H,38-39H2,1-14H3;/q;+2/i1D3,18D,19D,22D,26D,27D,30D,31D,41D;. The monoisotopic (exact) mass is 1330 g/mol. The summed E-state index contributed by atoms with van der Waals surface area (Å²) in [5.74, 6) is 0.586. The van der Waals surface area contributed by atoms with E-state index in [0.29, 0.717) is 39.0 Å². The first-order valence-electron chi connectivity index (χ1n) is 35.2. The fraction of sp³-hybridized carbons (Fsp3) is 0.259. The zero-order valence-electron chi connectivity index (χ0n) is 62.8. The average Bonchev–Trinajstić information content (AvgIpc) is 1.46. The van der Waals surface area contributed by atoms with E-state index in [2.05, 4.69) is 145 Å². The number of para-hydroxylation sites is 3. The summed E-state index contributed by atoms with van der Waals surface area (Å²) in [5.41, 5.74) is 11.8. The van der Waals surface area contributed by atoms with Crippen molar-refractivity contribution >= 4 is 50.6 Å². The molecule has 0 saturated heterocycles. The molecule has 5 nitrogen and oxygen atoms in total. The van der Waals surface area contributed by atoms with Crippen LogP contribution >= 0.6 is 0 Å². The molecule has 436 valence electrons. The van der Waals surface area contributed by atoms with Gasteiger partial charge in [0.1, 0.15) is 11.5 Å². The predicted octanol–water partition coefficient (Wildman–Crippen LogP) is 21.6. The van der Waals surface area contributed by atoms with E-state index < -0.39 is 24.4 Å². The van der Waals surface area contributed by atoms with E-state index in [0.717, 1.165) is 57.6 Å². The zero-order chi connectivity index (χ0) is 69.7. The Kier molecular flexibility index (Phi) is 11.8. The van der Waals surface area contributed by atoms with Crippen LogP contribution in [0.4, 0.5) is 22.7 Å². The van der Waals surface area contributed by atoms with Gasteiger partial charge in [0, 0.05) is 45.0 Å². The fourth-order valence-electron chi connectivity index (χ4n) is 12.2. The number of benzene rings is 9. The summed E-state index contributed by atoms with van der Waals surface area (Å²) >= 11 is 0. The Bertz CT molecular complexity index is 5180. The van der Waals surface area contributed by atoms with Crippen LogP contribution < -0.4 is 13.9 Å². The number of pyridine rings is 1. The van der Waals surface area contributed by atoms with Crippen LogP contribution in [-0.2, 0) is 48.1 Å². The van der Waals surface area contributed by atoms with Crippen LogP contribution in [0.5, 0.6) is 11.5 Å². The predicted molar refractivity (Wildman–Crippen MR) is 361 cm³/mol. The molecule has 0 atom stereocenters. The molecule has 1 aliphatic heterocycles. The van der Waals surface area contributed by atoms with Crippen molar-refractivity contribution in [2.24, 2.45) is 0 Å². The number of nitrogens with zero attached hydrogens (tertiary/aromatic N) is 4. The molecule has 0 spiro atoms. The summed E-state index contributed by atoms with van der Waals surface area (Å²) < 4.78 is 114. The summed E-state index contributed by atoms with van der Waals surface area (Å²) in [6, 6.07) is 53.0. The van der Waals surface area contributed by atoms with Crippen LogP contribution in [0.15, 0.2) is 194 Å². The van der Waals surface area contributed by atoms with Crippen molar-refractivity contribution in [1.82, 2.24) is 18.7 Å². The molecule has 2 aromatic heterocycles. The zero-order valence-corrected chi connectivity index (χ0v) is 54.1. The molecular weight excluding hydrogens is 1240 g/mol. The van der Waals surface area contributed by atoms with E-state index in [9.17, 15) is 8.22 Å². The normalized spacial score (nSPS) is 16.4. The minimum absolute atomic E-state index is 0. The molecule has 1 aliphatic carbocycles. The van der Waals surface area contributed by atoms with Crippen LogP contribution in [0.2, 0.25) is 0 Å². The van der Waals surface area contributed by atoms with E-state index in [1.807, 2.05) is 88.0 Å². The molecule has 13 rings (SSSR count). The first-order valence-corrected chi connectivity index (χ1v) is 29.7. The molecule has 11 aromatic rings. The molecule has 2 aliphatic rings. The maximum absolute atomic E-state index is 10.2. The van der Waals surface area contributed by atoms with E-state index in [-0.39, 0.29) is 129 Å². The molecule has 6 heteroatoms. The molecular formula is C81H78N4OPt+2. The van der Waals surface area contributed by atoms with Crippen LogP contribution in [0, 0.1) is 19.0 Å². The summed E-state index contributed by atoms with van der Waals surface area (Å²) in [5, 5.41) is 0.626. The Morgan fingerprint density at radius 2 is 1.18 bits per heavy atom. The van der Waals surface area contributed by atoms with Crippen LogP contribution in [0.1, 0.15) is 151 Å². The fourth-order valence-corrected chi connectivity index (χ4v) is 12.2. The maximum atomic E-state index is 10.2. The van der Waals surface area contributed by atoms with Crippen molar-refractivity contribution in [3.63, 3.8) is 0 Å². The number of hydrogen-bond acceptors (Lipinski definition) is 2. The summed E-state index contributed by atoms with van der Waals surface area (Å²) in [6.45, 7) is 26.0. The molecule has 0 amide bonds. The van der Waals surface area contributed by atoms with Gasteiger partial charge in [-0.25, -0.2) is 4.98 Å². The number of aryl methyl sites for hydroxylation is 1. The summed E-state index contributed by atoms with van der Waals surface area (Å²) in [4.78, 5) is 4.95. The maximum Gasteiger partial charge on any atom is 2.00 e. The van der Waals surface area contributed by atoms with Crippen molar-refractivity contribution < 1.29 is 40.9 Å². The molecule has 3 heterocycles. The van der Waals surface area contributed by atoms with Gasteiger partial charge in [-0.1, -0.05) is 227 Å². The number of hydrogen-bond donors (Lipinski definition) is 0. The van der Waals surface area contributed by atoms with E-state index >= 15 is 0 Å². The Balaban J connectivity index is 0.00000914. The van der Waals surface area contributed by atoms with Gasteiger partial charge in [0.15, 0.2) is 0 Å². The average molecular weight is 1330 g/mol. The number of rotatable bonds is 9. The van der Waals surface area contributed by atoms with Crippen LogP contribution in [0.3, 0.4) is 0 Å². The van der Waals surface area contributed by atoms with Gasteiger partial charge < -0.3 is 9.30 Å². The van der Waals surface area contributed by atoms with Gasteiger partial charge in [0.2, 0.25) is 5.69 Å². The van der Waals surface area contributed by atoms with Gasteiger partial charge in [-0.2, -0.15) is 12.1 Å². The molecule has 0 bridgehead atoms. The van der Waals surface area contributed by atoms with Gasteiger partial charge in [-0.3, -0.25) is 0 Å². The Morgan fingerprint density at radius 3 is 1.89 bits per heavy atom. The van der Waals surface area contributed by atoms with Crippen molar-refractivity contribution in [1.29, 1.82) is 0 Å². The van der Waals surface area contributed by atoms with E-state index in [1.54, 1.807) is 29.0 Å². The van der Waals surface area contributed by atoms with Gasteiger partial charge in [-0.05, 0) is 148 Å². The Hall–Kier alpha value is -8.20. The van der Waals surface area contributed by atoms with Crippen molar-refractivity contribution in [2.75, 3.05) is 0 Å². The van der Waals surface area contributed by atoms with Crippen LogP contribution in [0.25, 0.3) is 72.1 Å². The first-order chi connectivity index (χ1) is 45.4. The quantitative estimate of drug-likeness (QED) is 0.107. The molecule has 0 fully saturated rings. The summed E-state index contributed by atoms with van der Waals surface area (Å²) in [6.07, 6.45) is 3.54. The minimum Gasteiger partial charge on any atom is -0.509 e. The van der Waals surface area contributed by atoms with Crippen molar-refractivity contribution in [3.05, 3.63) is 240 Å². The van der Waals surface area contributed by atoms with Gasteiger partial charge >= 0.3 is 27.1 Å². The molecule has 0 unspecified atom stereocenters.